The second-order valence-corrected chi connectivity index (χ2v) is 5.23. The Morgan fingerprint density at radius 3 is 2.59 bits per heavy atom. The van der Waals surface area contributed by atoms with Crippen molar-refractivity contribution < 1.29 is 0 Å². The number of alkyl halides is 1. The molecule has 2 nitrogen and oxygen atoms in total. The standard InChI is InChI=1S/C14H19ClN2/c1-9(2)11(4)17-12-7-5-6-10(3)14(12)16-13(17)8-15/h5-7,9,11H,8H2,1-4H3. The Hall–Kier alpha value is -1.02. The lowest BCUT2D eigenvalue weighted by Crippen LogP contribution is -2.13. The third-order valence-corrected chi connectivity index (χ3v) is 3.73. The quantitative estimate of drug-likeness (QED) is 0.743. The highest BCUT2D eigenvalue weighted by Crippen LogP contribution is 2.28. The van der Waals surface area contributed by atoms with Gasteiger partial charge < -0.3 is 4.57 Å². The number of benzene rings is 1. The van der Waals surface area contributed by atoms with Crippen LogP contribution >= 0.6 is 11.6 Å². The predicted molar refractivity (Wildman–Crippen MR) is 73.6 cm³/mol. The molecule has 0 fully saturated rings. The zero-order chi connectivity index (χ0) is 12.6. The van der Waals surface area contributed by atoms with Gasteiger partial charge in [0.1, 0.15) is 5.82 Å². The lowest BCUT2D eigenvalue weighted by Gasteiger charge is -2.20. The lowest BCUT2D eigenvalue weighted by atomic mass is 10.1. The Morgan fingerprint density at radius 1 is 1.29 bits per heavy atom. The number of aryl methyl sites for hydroxylation is 1. The van der Waals surface area contributed by atoms with Crippen molar-refractivity contribution in [2.75, 3.05) is 0 Å². The van der Waals surface area contributed by atoms with Gasteiger partial charge in [-0.3, -0.25) is 0 Å². The van der Waals surface area contributed by atoms with E-state index in [4.69, 9.17) is 11.6 Å². The topological polar surface area (TPSA) is 17.8 Å². The van der Waals surface area contributed by atoms with Crippen molar-refractivity contribution in [3.05, 3.63) is 29.6 Å². The van der Waals surface area contributed by atoms with E-state index in [1.165, 1.54) is 11.1 Å². The molecule has 3 heteroatoms. The number of rotatable bonds is 3. The molecule has 0 radical (unpaired) electrons. The van der Waals surface area contributed by atoms with Gasteiger partial charge in [0.05, 0.1) is 16.9 Å². The molecule has 1 aromatic carbocycles. The summed E-state index contributed by atoms with van der Waals surface area (Å²) < 4.78 is 2.28. The van der Waals surface area contributed by atoms with Gasteiger partial charge in [-0.2, -0.15) is 0 Å². The molecule has 0 spiro atoms. The molecule has 1 unspecified atom stereocenters. The highest BCUT2D eigenvalue weighted by molar-refractivity contribution is 6.16. The molecule has 17 heavy (non-hydrogen) atoms. The van der Waals surface area contributed by atoms with Crippen LogP contribution in [0.1, 0.15) is 38.2 Å². The van der Waals surface area contributed by atoms with Crippen LogP contribution in [0.15, 0.2) is 18.2 Å². The van der Waals surface area contributed by atoms with Crippen molar-refractivity contribution in [1.29, 1.82) is 0 Å². The SMILES string of the molecule is Cc1cccc2c1nc(CCl)n2C(C)C(C)C. The van der Waals surface area contributed by atoms with Gasteiger partial charge in [-0.15, -0.1) is 11.6 Å². The summed E-state index contributed by atoms with van der Waals surface area (Å²) in [6.07, 6.45) is 0. The Morgan fingerprint density at radius 2 is 2.00 bits per heavy atom. The second kappa shape index (κ2) is 4.69. The molecule has 0 N–H and O–H groups in total. The fourth-order valence-electron chi connectivity index (χ4n) is 2.15. The van der Waals surface area contributed by atoms with Gasteiger partial charge >= 0.3 is 0 Å². The molecule has 1 aromatic heterocycles. The minimum absolute atomic E-state index is 0.413. The molecule has 1 atom stereocenters. The molecule has 0 saturated carbocycles. The first kappa shape index (κ1) is 12.4. The third-order valence-electron chi connectivity index (χ3n) is 3.49. The fraction of sp³-hybridized carbons (Fsp3) is 0.500. The van der Waals surface area contributed by atoms with Crippen LogP contribution in [0.4, 0.5) is 0 Å². The molecule has 0 aliphatic carbocycles. The molecule has 0 aliphatic rings. The Balaban J connectivity index is 2.71. The number of fused-ring (bicyclic) bond motifs is 1. The summed E-state index contributed by atoms with van der Waals surface area (Å²) in [7, 11) is 0. The number of aromatic nitrogens is 2. The van der Waals surface area contributed by atoms with Gasteiger partial charge in [0, 0.05) is 6.04 Å². The summed E-state index contributed by atoms with van der Waals surface area (Å²) in [6.45, 7) is 8.77. The van der Waals surface area contributed by atoms with Gasteiger partial charge in [-0.05, 0) is 31.4 Å². The van der Waals surface area contributed by atoms with Crippen LogP contribution in [0.2, 0.25) is 0 Å². The fourth-order valence-corrected chi connectivity index (χ4v) is 2.34. The molecule has 0 amide bonds. The second-order valence-electron chi connectivity index (χ2n) is 4.96. The van der Waals surface area contributed by atoms with Crippen molar-refractivity contribution in [1.82, 2.24) is 9.55 Å². The summed E-state index contributed by atoms with van der Waals surface area (Å²) in [5, 5.41) is 0. The average Bonchev–Trinajstić information content (AvgIpc) is 2.67. The van der Waals surface area contributed by atoms with Crippen molar-refractivity contribution in [2.24, 2.45) is 5.92 Å². The van der Waals surface area contributed by atoms with Crippen LogP contribution in [0, 0.1) is 12.8 Å². The zero-order valence-corrected chi connectivity index (χ0v) is 11.6. The maximum atomic E-state index is 6.02. The number of imidazole rings is 1. The van der Waals surface area contributed by atoms with Crippen molar-refractivity contribution in [3.63, 3.8) is 0 Å². The Labute approximate surface area is 108 Å². The van der Waals surface area contributed by atoms with Crippen molar-refractivity contribution in [2.45, 2.75) is 39.6 Å². The van der Waals surface area contributed by atoms with Crippen LogP contribution in [0.25, 0.3) is 11.0 Å². The Kier molecular flexibility index (Phi) is 3.43. The maximum Gasteiger partial charge on any atom is 0.125 e. The van der Waals surface area contributed by atoms with Crippen molar-refractivity contribution >= 4 is 22.6 Å². The molecular weight excluding hydrogens is 232 g/mol. The molecular formula is C14H19ClN2. The normalized spacial score (nSPS) is 13.5. The molecule has 0 saturated heterocycles. The summed E-state index contributed by atoms with van der Waals surface area (Å²) >= 11 is 6.02. The van der Waals surface area contributed by atoms with Crippen LogP contribution in [-0.4, -0.2) is 9.55 Å². The highest BCUT2D eigenvalue weighted by Gasteiger charge is 2.18. The molecule has 0 bridgehead atoms. The van der Waals surface area contributed by atoms with E-state index in [1.54, 1.807) is 0 Å². The highest BCUT2D eigenvalue weighted by atomic mass is 35.5. The van der Waals surface area contributed by atoms with Gasteiger partial charge in [0.25, 0.3) is 0 Å². The molecule has 1 heterocycles. The molecule has 2 rings (SSSR count). The Bertz CT molecular complexity index is 528. The summed E-state index contributed by atoms with van der Waals surface area (Å²) in [6, 6.07) is 6.72. The monoisotopic (exact) mass is 250 g/mol. The van der Waals surface area contributed by atoms with Gasteiger partial charge in [0.2, 0.25) is 0 Å². The first-order valence-electron chi connectivity index (χ1n) is 6.08. The van der Waals surface area contributed by atoms with E-state index in [0.717, 1.165) is 11.3 Å². The van der Waals surface area contributed by atoms with Crippen LogP contribution < -0.4 is 0 Å². The number of halogens is 1. The molecule has 92 valence electrons. The van der Waals surface area contributed by atoms with E-state index in [0.29, 0.717) is 17.8 Å². The van der Waals surface area contributed by atoms with E-state index in [2.05, 4.69) is 55.4 Å². The lowest BCUT2D eigenvalue weighted by molar-refractivity contribution is 0.409. The van der Waals surface area contributed by atoms with E-state index in [9.17, 15) is 0 Å². The van der Waals surface area contributed by atoms with E-state index >= 15 is 0 Å². The maximum absolute atomic E-state index is 6.02. The van der Waals surface area contributed by atoms with E-state index in [-0.39, 0.29) is 0 Å². The van der Waals surface area contributed by atoms with Gasteiger partial charge in [0.15, 0.2) is 0 Å². The van der Waals surface area contributed by atoms with E-state index < -0.39 is 0 Å². The number of hydrogen-bond donors (Lipinski definition) is 0. The van der Waals surface area contributed by atoms with Crippen LogP contribution in [0.3, 0.4) is 0 Å². The van der Waals surface area contributed by atoms with Crippen LogP contribution in [0.5, 0.6) is 0 Å². The third kappa shape index (κ3) is 2.06. The predicted octanol–water partition coefficient (Wildman–Crippen LogP) is 4.30. The summed E-state index contributed by atoms with van der Waals surface area (Å²) in [5.74, 6) is 2.00. The minimum Gasteiger partial charge on any atom is -0.324 e. The average molecular weight is 251 g/mol. The number of nitrogens with zero attached hydrogens (tertiary/aromatic N) is 2. The summed E-state index contributed by atoms with van der Waals surface area (Å²) in [5.41, 5.74) is 3.49. The molecule has 2 aromatic rings. The largest absolute Gasteiger partial charge is 0.324 e. The number of hydrogen-bond acceptors (Lipinski definition) is 1. The number of para-hydroxylation sites is 1. The smallest absolute Gasteiger partial charge is 0.125 e. The zero-order valence-electron chi connectivity index (χ0n) is 10.9. The van der Waals surface area contributed by atoms with E-state index in [1.807, 2.05) is 0 Å². The first-order valence-corrected chi connectivity index (χ1v) is 6.62. The van der Waals surface area contributed by atoms with Crippen LogP contribution in [-0.2, 0) is 5.88 Å². The first-order chi connectivity index (χ1) is 8.06. The summed E-state index contributed by atoms with van der Waals surface area (Å²) in [4.78, 5) is 4.67. The molecule has 0 aliphatic heterocycles. The minimum atomic E-state index is 0.413. The van der Waals surface area contributed by atoms with Gasteiger partial charge in [-0.25, -0.2) is 4.98 Å². The van der Waals surface area contributed by atoms with Crippen molar-refractivity contribution in [3.8, 4) is 0 Å². The van der Waals surface area contributed by atoms with Gasteiger partial charge in [-0.1, -0.05) is 26.0 Å².